The van der Waals surface area contributed by atoms with Crippen molar-refractivity contribution in [2.24, 2.45) is 4.99 Å². The van der Waals surface area contributed by atoms with E-state index < -0.39 is 12.0 Å². The van der Waals surface area contributed by atoms with Crippen LogP contribution >= 0.6 is 50.5 Å². The van der Waals surface area contributed by atoms with Crippen LogP contribution in [-0.2, 0) is 16.1 Å². The summed E-state index contributed by atoms with van der Waals surface area (Å²) >= 11 is 17.0. The monoisotopic (exact) mass is 700 g/mol. The lowest BCUT2D eigenvalue weighted by molar-refractivity contribution is -0.139. The summed E-state index contributed by atoms with van der Waals surface area (Å²) in [4.78, 5) is 32.1. The van der Waals surface area contributed by atoms with Crippen LogP contribution in [0.3, 0.4) is 0 Å². The third-order valence-electron chi connectivity index (χ3n) is 6.67. The van der Waals surface area contributed by atoms with E-state index in [0.29, 0.717) is 48.8 Å². The summed E-state index contributed by atoms with van der Waals surface area (Å²) in [5, 5.41) is 1.06. The first kappa shape index (κ1) is 31.1. The van der Waals surface area contributed by atoms with Gasteiger partial charge in [0.15, 0.2) is 16.3 Å². The number of halogens is 3. The molecule has 0 saturated heterocycles. The van der Waals surface area contributed by atoms with Crippen molar-refractivity contribution in [1.82, 2.24) is 4.57 Å². The number of thiazole rings is 1. The molecule has 0 radical (unpaired) electrons. The Labute approximate surface area is 270 Å². The number of carbonyl (C=O) groups is 1. The SMILES string of the molecule is CCOC(=O)C1=C(C)N=c2s/c(=C\c3ccc(OCc4ccc(Cl)cc4Cl)c(OCC)c3)c(=O)n2[C@H]1c1ccc(Br)cc1. The maximum Gasteiger partial charge on any atom is 0.338 e. The Morgan fingerprint density at radius 2 is 1.79 bits per heavy atom. The smallest absolute Gasteiger partial charge is 0.338 e. The number of benzene rings is 3. The molecule has 0 N–H and O–H groups in total. The highest BCUT2D eigenvalue weighted by Crippen LogP contribution is 2.33. The predicted octanol–water partition coefficient (Wildman–Crippen LogP) is 6.85. The third kappa shape index (κ3) is 6.75. The highest BCUT2D eigenvalue weighted by Gasteiger charge is 2.33. The van der Waals surface area contributed by atoms with E-state index >= 15 is 0 Å². The number of hydrogen-bond acceptors (Lipinski definition) is 7. The molecule has 1 aliphatic heterocycles. The highest BCUT2D eigenvalue weighted by molar-refractivity contribution is 9.10. The minimum Gasteiger partial charge on any atom is -0.490 e. The first-order chi connectivity index (χ1) is 20.7. The number of allylic oxidation sites excluding steroid dienone is 1. The largest absolute Gasteiger partial charge is 0.490 e. The van der Waals surface area contributed by atoms with Crippen LogP contribution in [0.4, 0.5) is 0 Å². The van der Waals surface area contributed by atoms with Gasteiger partial charge >= 0.3 is 5.97 Å². The number of fused-ring (bicyclic) bond motifs is 1. The molecule has 1 aromatic heterocycles. The molecule has 43 heavy (non-hydrogen) atoms. The van der Waals surface area contributed by atoms with Gasteiger partial charge in [0, 0.05) is 20.1 Å². The third-order valence-corrected chi connectivity index (χ3v) is 8.76. The lowest BCUT2D eigenvalue weighted by Crippen LogP contribution is -2.39. The van der Waals surface area contributed by atoms with Gasteiger partial charge in [0.05, 0.1) is 35.1 Å². The summed E-state index contributed by atoms with van der Waals surface area (Å²) in [7, 11) is 0. The molecule has 0 bridgehead atoms. The van der Waals surface area contributed by atoms with E-state index in [9.17, 15) is 9.59 Å². The summed E-state index contributed by atoms with van der Waals surface area (Å²) in [6.07, 6.45) is 1.79. The van der Waals surface area contributed by atoms with Crippen LogP contribution < -0.4 is 24.4 Å². The van der Waals surface area contributed by atoms with Crippen molar-refractivity contribution in [1.29, 1.82) is 0 Å². The molecule has 3 aromatic carbocycles. The van der Waals surface area contributed by atoms with Crippen molar-refractivity contribution in [2.75, 3.05) is 13.2 Å². The Bertz CT molecular complexity index is 1900. The molecule has 4 aromatic rings. The summed E-state index contributed by atoms with van der Waals surface area (Å²) in [6.45, 7) is 6.26. The van der Waals surface area contributed by atoms with Gasteiger partial charge in [-0.05, 0) is 74.4 Å². The van der Waals surface area contributed by atoms with E-state index in [1.807, 2.05) is 49.4 Å². The van der Waals surface area contributed by atoms with E-state index in [1.165, 1.54) is 11.3 Å². The molecular formula is C32H27BrCl2N2O5S. The number of aromatic nitrogens is 1. The molecule has 222 valence electrons. The number of esters is 1. The van der Waals surface area contributed by atoms with Gasteiger partial charge in [-0.2, -0.15) is 0 Å². The molecule has 0 amide bonds. The van der Waals surface area contributed by atoms with E-state index in [1.54, 1.807) is 42.7 Å². The lowest BCUT2D eigenvalue weighted by atomic mass is 9.96. The van der Waals surface area contributed by atoms with Crippen molar-refractivity contribution in [2.45, 2.75) is 33.4 Å². The average molecular weight is 702 g/mol. The Morgan fingerprint density at radius 3 is 2.49 bits per heavy atom. The molecule has 0 unspecified atom stereocenters. The topological polar surface area (TPSA) is 79.1 Å². The Balaban J connectivity index is 1.54. The quantitative estimate of drug-likeness (QED) is 0.179. The number of carbonyl (C=O) groups excluding carboxylic acids is 1. The number of hydrogen-bond donors (Lipinski definition) is 0. The molecule has 1 atom stereocenters. The Kier molecular flexibility index (Phi) is 9.76. The molecule has 1 aliphatic rings. The van der Waals surface area contributed by atoms with Crippen molar-refractivity contribution in [3.8, 4) is 11.5 Å². The standard InChI is InChI=1S/C32H27BrCl2N2O5S/c1-4-40-26-14-19(6-13-25(26)42-17-21-9-12-23(34)16-24(21)35)15-27-30(38)37-29(20-7-10-22(33)11-8-20)28(31(39)41-5-2)18(3)36-32(37)43-27/h6-16,29H,4-5,17H2,1-3H3/b27-15-/t29-/m0/s1. The molecule has 7 nitrogen and oxygen atoms in total. The van der Waals surface area contributed by atoms with Crippen LogP contribution in [0.5, 0.6) is 11.5 Å². The van der Waals surface area contributed by atoms with Gasteiger partial charge in [-0.1, -0.05) is 74.7 Å². The molecule has 11 heteroatoms. The van der Waals surface area contributed by atoms with Gasteiger partial charge in [0.1, 0.15) is 6.61 Å². The zero-order chi connectivity index (χ0) is 30.7. The van der Waals surface area contributed by atoms with Crippen molar-refractivity contribution >= 4 is 62.5 Å². The summed E-state index contributed by atoms with van der Waals surface area (Å²) < 4.78 is 20.2. The fourth-order valence-corrected chi connectivity index (χ4v) is 6.47. The number of nitrogens with zero attached hydrogens (tertiary/aromatic N) is 2. The summed E-state index contributed by atoms with van der Waals surface area (Å²) in [5.41, 5.74) is 2.89. The van der Waals surface area contributed by atoms with Crippen molar-refractivity contribution < 1.29 is 19.0 Å². The molecule has 0 aliphatic carbocycles. The van der Waals surface area contributed by atoms with Crippen LogP contribution in [0.1, 0.15) is 43.5 Å². The van der Waals surface area contributed by atoms with Crippen LogP contribution in [0, 0.1) is 0 Å². The van der Waals surface area contributed by atoms with Gasteiger partial charge < -0.3 is 14.2 Å². The second-order valence-corrected chi connectivity index (χ2v) is 12.3. The summed E-state index contributed by atoms with van der Waals surface area (Å²) in [5.74, 6) is 0.571. The molecule has 0 spiro atoms. The van der Waals surface area contributed by atoms with E-state index in [4.69, 9.17) is 37.4 Å². The van der Waals surface area contributed by atoms with Gasteiger partial charge in [-0.15, -0.1) is 0 Å². The maximum atomic E-state index is 13.9. The Morgan fingerprint density at radius 1 is 1.02 bits per heavy atom. The minimum atomic E-state index is -0.681. The Hall–Kier alpha value is -3.37. The van der Waals surface area contributed by atoms with E-state index in [-0.39, 0.29) is 18.8 Å². The van der Waals surface area contributed by atoms with E-state index in [2.05, 4.69) is 20.9 Å². The van der Waals surface area contributed by atoms with Crippen molar-refractivity contribution in [3.63, 3.8) is 0 Å². The average Bonchev–Trinajstić information content (AvgIpc) is 3.27. The van der Waals surface area contributed by atoms with Crippen LogP contribution in [0.15, 0.2) is 86.2 Å². The first-order valence-corrected chi connectivity index (χ1v) is 15.8. The zero-order valence-corrected chi connectivity index (χ0v) is 27.4. The van der Waals surface area contributed by atoms with Crippen LogP contribution in [0.2, 0.25) is 10.0 Å². The predicted molar refractivity (Wildman–Crippen MR) is 173 cm³/mol. The molecular weight excluding hydrogens is 675 g/mol. The van der Waals surface area contributed by atoms with Gasteiger partial charge in [0.2, 0.25) is 0 Å². The van der Waals surface area contributed by atoms with Crippen LogP contribution in [-0.4, -0.2) is 23.8 Å². The van der Waals surface area contributed by atoms with Crippen LogP contribution in [0.25, 0.3) is 6.08 Å². The molecule has 0 saturated carbocycles. The molecule has 0 fully saturated rings. The highest BCUT2D eigenvalue weighted by atomic mass is 79.9. The number of ether oxygens (including phenoxy) is 3. The molecule has 5 rings (SSSR count). The second-order valence-electron chi connectivity index (χ2n) is 9.52. The normalized spacial score (nSPS) is 14.7. The fourth-order valence-electron chi connectivity index (χ4n) is 4.70. The fraction of sp³-hybridized carbons (Fsp3) is 0.219. The van der Waals surface area contributed by atoms with Gasteiger partial charge in [0.25, 0.3) is 5.56 Å². The van der Waals surface area contributed by atoms with Gasteiger partial charge in [-0.3, -0.25) is 9.36 Å². The zero-order valence-electron chi connectivity index (χ0n) is 23.5. The first-order valence-electron chi connectivity index (χ1n) is 13.5. The minimum absolute atomic E-state index is 0.210. The number of rotatable bonds is 9. The summed E-state index contributed by atoms with van der Waals surface area (Å²) in [6, 6.07) is 17.5. The second kappa shape index (κ2) is 13.5. The van der Waals surface area contributed by atoms with Gasteiger partial charge in [-0.25, -0.2) is 9.79 Å². The lowest BCUT2D eigenvalue weighted by Gasteiger charge is -2.24. The van der Waals surface area contributed by atoms with E-state index in [0.717, 1.165) is 21.2 Å². The maximum absolute atomic E-state index is 13.9. The van der Waals surface area contributed by atoms with Crippen molar-refractivity contribution in [3.05, 3.63) is 123 Å². The molecule has 2 heterocycles.